The Hall–Kier alpha value is -1.34. The first-order chi connectivity index (χ1) is 7.69. The van der Waals surface area contributed by atoms with Crippen molar-refractivity contribution >= 4 is 21.9 Å². The molecule has 0 unspecified atom stereocenters. The topological polar surface area (TPSA) is 50.1 Å². The van der Waals surface area contributed by atoms with Crippen molar-refractivity contribution in [3.05, 3.63) is 34.4 Å². The quantitative estimate of drug-likeness (QED) is 0.632. The molecule has 0 N–H and O–H groups in total. The number of esters is 1. The first kappa shape index (κ1) is 12.7. The first-order valence-corrected chi connectivity index (χ1v) is 6.00. The zero-order chi connectivity index (χ0) is 12.1. The van der Waals surface area contributed by atoms with Crippen molar-refractivity contribution in [2.75, 3.05) is 7.11 Å². The molecule has 0 radical (unpaired) electrons. The van der Waals surface area contributed by atoms with Crippen molar-refractivity contribution in [3.8, 4) is 6.07 Å². The molecular weight excluding hydrogens is 270 g/mol. The maximum atomic E-state index is 11.5. The summed E-state index contributed by atoms with van der Waals surface area (Å²) in [7, 11) is 1.31. The molecule has 0 fully saturated rings. The zero-order valence-corrected chi connectivity index (χ0v) is 10.8. The van der Waals surface area contributed by atoms with Gasteiger partial charge in [0.15, 0.2) is 0 Å². The normalized spacial score (nSPS) is 9.62. The van der Waals surface area contributed by atoms with Gasteiger partial charge in [0, 0.05) is 5.33 Å². The Kier molecular flexibility index (Phi) is 4.51. The van der Waals surface area contributed by atoms with Crippen LogP contribution in [0.3, 0.4) is 0 Å². The summed E-state index contributed by atoms with van der Waals surface area (Å²) >= 11 is 3.34. The number of methoxy groups -OCH3 is 1. The number of nitriles is 1. The molecule has 0 saturated carbocycles. The summed E-state index contributed by atoms with van der Waals surface area (Å²) in [6.07, 6.45) is 0.830. The molecule has 0 aliphatic carbocycles. The molecule has 0 spiro atoms. The van der Waals surface area contributed by atoms with E-state index in [0.717, 1.165) is 17.5 Å². The van der Waals surface area contributed by atoms with Crippen molar-refractivity contribution in [2.45, 2.75) is 18.7 Å². The highest BCUT2D eigenvalue weighted by molar-refractivity contribution is 9.08. The van der Waals surface area contributed by atoms with Gasteiger partial charge in [0.05, 0.1) is 18.2 Å². The smallest absolute Gasteiger partial charge is 0.339 e. The van der Waals surface area contributed by atoms with E-state index in [-0.39, 0.29) is 0 Å². The predicted octanol–water partition coefficient (Wildman–Crippen LogP) is 2.80. The molecule has 0 aliphatic heterocycles. The molecule has 0 bridgehead atoms. The van der Waals surface area contributed by atoms with Crippen molar-refractivity contribution in [3.63, 3.8) is 0 Å². The van der Waals surface area contributed by atoms with Crippen LogP contribution < -0.4 is 0 Å². The summed E-state index contributed by atoms with van der Waals surface area (Å²) in [4.78, 5) is 11.5. The molecule has 0 aliphatic rings. The first-order valence-electron chi connectivity index (χ1n) is 4.88. The largest absolute Gasteiger partial charge is 0.465 e. The fourth-order valence-corrected chi connectivity index (χ4v) is 2.22. The third-order valence-electron chi connectivity index (χ3n) is 2.44. The molecule has 0 heterocycles. The van der Waals surface area contributed by atoms with Gasteiger partial charge in [-0.05, 0) is 23.6 Å². The summed E-state index contributed by atoms with van der Waals surface area (Å²) in [5, 5.41) is 9.68. The van der Waals surface area contributed by atoms with Crippen LogP contribution in [0, 0.1) is 11.3 Å². The molecule has 16 heavy (non-hydrogen) atoms. The van der Waals surface area contributed by atoms with Gasteiger partial charge in [-0.2, -0.15) is 5.26 Å². The predicted molar refractivity (Wildman–Crippen MR) is 64.5 cm³/mol. The molecule has 0 aromatic heterocycles. The lowest BCUT2D eigenvalue weighted by Crippen LogP contribution is -2.07. The van der Waals surface area contributed by atoms with Gasteiger partial charge in [0.1, 0.15) is 6.07 Å². The number of hydrogen-bond donors (Lipinski definition) is 0. The SMILES string of the molecule is CCc1ccc(C(=O)OC)c(C#N)c1CBr. The Labute approximate surface area is 103 Å². The lowest BCUT2D eigenvalue weighted by atomic mass is 9.96. The van der Waals surface area contributed by atoms with Gasteiger partial charge in [-0.25, -0.2) is 4.79 Å². The lowest BCUT2D eigenvalue weighted by Gasteiger charge is -2.10. The number of ether oxygens (including phenoxy) is 1. The van der Waals surface area contributed by atoms with Crippen molar-refractivity contribution < 1.29 is 9.53 Å². The summed E-state index contributed by atoms with van der Waals surface area (Å²) in [5.74, 6) is -0.471. The van der Waals surface area contributed by atoms with Crippen LogP contribution in [-0.2, 0) is 16.5 Å². The fourth-order valence-electron chi connectivity index (χ4n) is 1.58. The minimum absolute atomic E-state index is 0.330. The van der Waals surface area contributed by atoms with Crippen LogP contribution in [0.2, 0.25) is 0 Å². The highest BCUT2D eigenvalue weighted by atomic mass is 79.9. The number of carbonyl (C=O) groups is 1. The van der Waals surface area contributed by atoms with Crippen molar-refractivity contribution in [1.29, 1.82) is 5.26 Å². The van der Waals surface area contributed by atoms with Crippen molar-refractivity contribution in [2.24, 2.45) is 0 Å². The molecule has 0 amide bonds. The number of alkyl halides is 1. The third kappa shape index (κ3) is 2.25. The third-order valence-corrected chi connectivity index (χ3v) is 3.00. The molecule has 0 saturated heterocycles. The molecule has 4 heteroatoms. The number of hydrogen-bond acceptors (Lipinski definition) is 3. The highest BCUT2D eigenvalue weighted by Crippen LogP contribution is 2.22. The second-order valence-electron chi connectivity index (χ2n) is 3.22. The molecule has 0 atom stereocenters. The number of benzene rings is 1. The van der Waals surface area contributed by atoms with Gasteiger partial charge in [-0.3, -0.25) is 0 Å². The minimum atomic E-state index is -0.471. The van der Waals surface area contributed by atoms with E-state index in [1.165, 1.54) is 7.11 Å². The van der Waals surface area contributed by atoms with Crippen LogP contribution in [0.4, 0.5) is 0 Å². The van der Waals surface area contributed by atoms with Crippen LogP contribution in [0.15, 0.2) is 12.1 Å². The molecule has 3 nitrogen and oxygen atoms in total. The zero-order valence-electron chi connectivity index (χ0n) is 9.21. The Morgan fingerprint density at radius 3 is 2.69 bits per heavy atom. The number of carbonyl (C=O) groups excluding carboxylic acids is 1. The van der Waals surface area contributed by atoms with Crippen LogP contribution in [0.1, 0.15) is 34.0 Å². The van der Waals surface area contributed by atoms with Crippen LogP contribution in [-0.4, -0.2) is 13.1 Å². The molecule has 1 aromatic carbocycles. The van der Waals surface area contributed by atoms with E-state index in [9.17, 15) is 4.79 Å². The van der Waals surface area contributed by atoms with E-state index in [0.29, 0.717) is 16.5 Å². The fraction of sp³-hybridized carbons (Fsp3) is 0.333. The minimum Gasteiger partial charge on any atom is -0.465 e. The lowest BCUT2D eigenvalue weighted by molar-refractivity contribution is 0.0600. The van der Waals surface area contributed by atoms with Crippen LogP contribution in [0.25, 0.3) is 0 Å². The molecule has 84 valence electrons. The van der Waals surface area contributed by atoms with Crippen molar-refractivity contribution in [1.82, 2.24) is 0 Å². The van der Waals surface area contributed by atoms with E-state index in [2.05, 4.69) is 26.7 Å². The Morgan fingerprint density at radius 2 is 2.25 bits per heavy atom. The maximum absolute atomic E-state index is 11.5. The standard InChI is InChI=1S/C12H12BrNO2/c1-3-8-4-5-9(12(15)16-2)11(7-14)10(8)6-13/h4-5H,3,6H2,1-2H3. The monoisotopic (exact) mass is 281 g/mol. The number of halogens is 1. The Morgan fingerprint density at radius 1 is 1.56 bits per heavy atom. The van der Waals surface area contributed by atoms with Crippen LogP contribution in [0.5, 0.6) is 0 Å². The van der Waals surface area contributed by atoms with Gasteiger partial charge < -0.3 is 4.74 Å². The number of aryl methyl sites for hydroxylation is 1. The van der Waals surface area contributed by atoms with E-state index in [1.54, 1.807) is 6.07 Å². The van der Waals surface area contributed by atoms with Gasteiger partial charge in [0.25, 0.3) is 0 Å². The van der Waals surface area contributed by atoms with Gasteiger partial charge in [-0.1, -0.05) is 28.9 Å². The second-order valence-corrected chi connectivity index (χ2v) is 3.78. The highest BCUT2D eigenvalue weighted by Gasteiger charge is 2.17. The molecule has 1 rings (SSSR count). The molecule has 1 aromatic rings. The summed E-state index contributed by atoms with van der Waals surface area (Å²) in [6.45, 7) is 2.01. The summed E-state index contributed by atoms with van der Waals surface area (Å²) in [6, 6.07) is 5.59. The van der Waals surface area contributed by atoms with E-state index in [4.69, 9.17) is 5.26 Å². The average Bonchev–Trinajstić information content (AvgIpc) is 2.35. The second kappa shape index (κ2) is 5.66. The van der Waals surface area contributed by atoms with Gasteiger partial charge in [-0.15, -0.1) is 0 Å². The summed E-state index contributed by atoms with van der Waals surface area (Å²) < 4.78 is 4.65. The summed E-state index contributed by atoms with van der Waals surface area (Å²) in [5.41, 5.74) is 2.67. The van der Waals surface area contributed by atoms with E-state index < -0.39 is 5.97 Å². The number of nitrogens with zero attached hydrogens (tertiary/aromatic N) is 1. The van der Waals surface area contributed by atoms with E-state index in [1.807, 2.05) is 13.0 Å². The average molecular weight is 282 g/mol. The van der Waals surface area contributed by atoms with E-state index >= 15 is 0 Å². The Bertz CT molecular complexity index is 449. The molecular formula is C12H12BrNO2. The van der Waals surface area contributed by atoms with Gasteiger partial charge >= 0.3 is 5.97 Å². The Balaban J connectivity index is 3.45. The van der Waals surface area contributed by atoms with Gasteiger partial charge in [0.2, 0.25) is 0 Å². The maximum Gasteiger partial charge on any atom is 0.339 e. The number of rotatable bonds is 3. The van der Waals surface area contributed by atoms with Crippen LogP contribution >= 0.6 is 15.9 Å².